The van der Waals surface area contributed by atoms with Crippen LogP contribution in [0.1, 0.15) is 41.5 Å². The Morgan fingerprint density at radius 2 is 1.60 bits per heavy atom. The number of nitrogens with zero attached hydrogens (tertiary/aromatic N) is 1. The number of rotatable bonds is 8. The molecule has 2 aliphatic carbocycles. The van der Waals surface area contributed by atoms with E-state index in [9.17, 15) is 4.39 Å². The number of allylic oxidation sites excluding steroid dienone is 4. The molecule has 0 spiro atoms. The van der Waals surface area contributed by atoms with Crippen LogP contribution in [0.15, 0.2) is 127 Å². The van der Waals surface area contributed by atoms with Crippen LogP contribution in [0.25, 0.3) is 22.0 Å². The number of para-hydroxylation sites is 1. The average Bonchev–Trinajstić information content (AvgIpc) is 3.70. The number of pyridine rings is 1. The van der Waals surface area contributed by atoms with Gasteiger partial charge in [-0.05, 0) is 64.1 Å². The van der Waals surface area contributed by atoms with E-state index in [4.69, 9.17) is 9.72 Å². The van der Waals surface area contributed by atoms with E-state index in [0.717, 1.165) is 52.2 Å². The fourth-order valence-electron chi connectivity index (χ4n) is 7.39. The van der Waals surface area contributed by atoms with Crippen molar-refractivity contribution in [3.63, 3.8) is 0 Å². The van der Waals surface area contributed by atoms with Gasteiger partial charge in [0.15, 0.2) is 0 Å². The standard InChI is InChI=1S/C38H32FNOSi/c39-28-21-19-26(20-22-28)37-32-12-4-6-14-34(32)40-38(27-17-18-27)33(37)25-41-23-24-42(29-9-2-1-3-10-29)35-15-7-5-11-30(35)31-13-8-16-36(31)42/h1-16,19-22,27,31H,17-18,23-25H2/t31?,42-/m1/s1. The zero-order valence-corrected chi connectivity index (χ0v) is 24.5. The minimum Gasteiger partial charge on any atom is -0.377 e. The van der Waals surface area contributed by atoms with Crippen LogP contribution < -0.4 is 10.4 Å². The van der Waals surface area contributed by atoms with Crippen LogP contribution >= 0.6 is 0 Å². The van der Waals surface area contributed by atoms with Crippen LogP contribution in [0.3, 0.4) is 0 Å². The zero-order valence-electron chi connectivity index (χ0n) is 23.5. The maximum Gasteiger partial charge on any atom is 0.147 e. The van der Waals surface area contributed by atoms with E-state index >= 15 is 0 Å². The highest BCUT2D eigenvalue weighted by Gasteiger charge is 2.50. The normalized spacial score (nSPS) is 20.5. The summed E-state index contributed by atoms with van der Waals surface area (Å²) < 4.78 is 20.7. The molecule has 206 valence electrons. The Kier molecular flexibility index (Phi) is 6.27. The minimum atomic E-state index is -2.23. The number of ether oxygens (including phenoxy) is 1. The van der Waals surface area contributed by atoms with Crippen molar-refractivity contribution in [3.05, 3.63) is 149 Å². The summed E-state index contributed by atoms with van der Waals surface area (Å²) in [7, 11) is -2.23. The first-order valence-electron chi connectivity index (χ1n) is 15.0. The highest BCUT2D eigenvalue weighted by molar-refractivity contribution is 7.09. The van der Waals surface area contributed by atoms with Crippen molar-refractivity contribution < 1.29 is 9.13 Å². The first-order valence-corrected chi connectivity index (χ1v) is 17.2. The van der Waals surface area contributed by atoms with Gasteiger partial charge in [-0.1, -0.05) is 108 Å². The monoisotopic (exact) mass is 565 g/mol. The lowest BCUT2D eigenvalue weighted by Crippen LogP contribution is -2.58. The fourth-order valence-corrected chi connectivity index (χ4v) is 12.7. The van der Waals surface area contributed by atoms with Crippen molar-refractivity contribution in [2.24, 2.45) is 0 Å². The molecule has 0 radical (unpaired) electrons. The first kappa shape index (κ1) is 25.6. The molecule has 42 heavy (non-hydrogen) atoms. The van der Waals surface area contributed by atoms with Gasteiger partial charge in [0.05, 0.1) is 17.8 Å². The van der Waals surface area contributed by atoms with Crippen molar-refractivity contribution in [1.82, 2.24) is 4.98 Å². The minimum absolute atomic E-state index is 0.223. The lowest BCUT2D eigenvalue weighted by Gasteiger charge is -2.31. The topological polar surface area (TPSA) is 22.1 Å². The van der Waals surface area contributed by atoms with E-state index in [0.29, 0.717) is 25.0 Å². The van der Waals surface area contributed by atoms with Crippen molar-refractivity contribution in [2.45, 2.75) is 37.3 Å². The Hall–Kier alpha value is -4.12. The third kappa shape index (κ3) is 4.12. The van der Waals surface area contributed by atoms with Crippen molar-refractivity contribution in [1.29, 1.82) is 0 Å². The molecule has 0 N–H and O–H groups in total. The maximum atomic E-state index is 14.0. The predicted octanol–water partition coefficient (Wildman–Crippen LogP) is 7.83. The highest BCUT2D eigenvalue weighted by atomic mass is 28.3. The maximum absolute atomic E-state index is 14.0. The van der Waals surface area contributed by atoms with E-state index in [1.165, 1.54) is 15.9 Å². The van der Waals surface area contributed by atoms with E-state index in [1.807, 2.05) is 18.2 Å². The number of hydrogen-bond donors (Lipinski definition) is 0. The molecule has 0 saturated heterocycles. The number of benzene rings is 4. The molecule has 4 heteroatoms. The van der Waals surface area contributed by atoms with Crippen molar-refractivity contribution >= 4 is 29.4 Å². The SMILES string of the molecule is Fc1ccc(-c2c(COCC[Si@]3(c4ccccc4)C4=CC=CC4c4ccccc43)c(C3CC3)nc3ccccc23)cc1. The Morgan fingerprint density at radius 3 is 2.43 bits per heavy atom. The van der Waals surface area contributed by atoms with Gasteiger partial charge in [-0.3, -0.25) is 4.98 Å². The Balaban J connectivity index is 1.17. The summed E-state index contributed by atoms with van der Waals surface area (Å²) in [6, 6.07) is 36.4. The lowest BCUT2D eigenvalue weighted by atomic mass is 9.93. The molecule has 0 amide bonds. The largest absolute Gasteiger partial charge is 0.377 e. The summed E-state index contributed by atoms with van der Waals surface area (Å²) in [6.07, 6.45) is 9.31. The van der Waals surface area contributed by atoms with Gasteiger partial charge in [-0.15, -0.1) is 0 Å². The Morgan fingerprint density at radius 1 is 0.833 bits per heavy atom. The van der Waals surface area contributed by atoms with Crippen LogP contribution in [0.5, 0.6) is 0 Å². The first-order chi connectivity index (χ1) is 20.7. The molecule has 1 fully saturated rings. The summed E-state index contributed by atoms with van der Waals surface area (Å²) in [4.78, 5) is 5.17. The number of fused-ring (bicyclic) bond motifs is 4. The van der Waals surface area contributed by atoms with Gasteiger partial charge >= 0.3 is 0 Å². The molecule has 4 aromatic carbocycles. The molecule has 1 aliphatic heterocycles. The van der Waals surface area contributed by atoms with Crippen molar-refractivity contribution in [2.75, 3.05) is 6.61 Å². The summed E-state index contributed by atoms with van der Waals surface area (Å²) in [5.41, 5.74) is 6.90. The van der Waals surface area contributed by atoms with Gasteiger partial charge in [0.25, 0.3) is 0 Å². The molecule has 8 rings (SSSR count). The van der Waals surface area contributed by atoms with Gasteiger partial charge in [0.1, 0.15) is 13.9 Å². The van der Waals surface area contributed by atoms with Crippen LogP contribution in [0.2, 0.25) is 6.04 Å². The zero-order chi connectivity index (χ0) is 28.1. The van der Waals surface area contributed by atoms with Gasteiger partial charge in [0.2, 0.25) is 0 Å². The smallest absolute Gasteiger partial charge is 0.147 e. The van der Waals surface area contributed by atoms with Gasteiger partial charge in [0, 0.05) is 29.4 Å². The van der Waals surface area contributed by atoms with Crippen LogP contribution in [0, 0.1) is 5.82 Å². The van der Waals surface area contributed by atoms with Crippen LogP contribution in [-0.2, 0) is 11.3 Å². The quantitative estimate of drug-likeness (QED) is 0.141. The third-order valence-corrected chi connectivity index (χ3v) is 14.5. The second-order valence-corrected chi connectivity index (χ2v) is 15.8. The molecule has 3 aliphatic rings. The second kappa shape index (κ2) is 10.3. The Bertz CT molecular complexity index is 1860. The van der Waals surface area contributed by atoms with Gasteiger partial charge in [-0.2, -0.15) is 0 Å². The van der Waals surface area contributed by atoms with E-state index in [1.54, 1.807) is 17.3 Å². The van der Waals surface area contributed by atoms with Crippen LogP contribution in [-0.4, -0.2) is 19.7 Å². The van der Waals surface area contributed by atoms with E-state index < -0.39 is 8.07 Å². The molecule has 2 nitrogen and oxygen atoms in total. The highest BCUT2D eigenvalue weighted by Crippen LogP contribution is 2.46. The van der Waals surface area contributed by atoms with Crippen LogP contribution in [0.4, 0.5) is 4.39 Å². The molecular weight excluding hydrogens is 534 g/mol. The third-order valence-electron chi connectivity index (χ3n) is 9.42. The predicted molar refractivity (Wildman–Crippen MR) is 171 cm³/mol. The molecule has 1 aromatic heterocycles. The van der Waals surface area contributed by atoms with E-state index in [-0.39, 0.29) is 5.82 Å². The van der Waals surface area contributed by atoms with Gasteiger partial charge in [-0.25, -0.2) is 4.39 Å². The Labute approximate surface area is 247 Å². The summed E-state index contributed by atoms with van der Waals surface area (Å²) in [6.45, 7) is 1.16. The molecule has 1 saturated carbocycles. The van der Waals surface area contributed by atoms with Crippen molar-refractivity contribution in [3.8, 4) is 11.1 Å². The average molecular weight is 566 g/mol. The fraction of sp³-hybridized carbons (Fsp3) is 0.184. The molecule has 1 unspecified atom stereocenters. The number of hydrogen-bond acceptors (Lipinski definition) is 2. The number of aromatic nitrogens is 1. The lowest BCUT2D eigenvalue weighted by molar-refractivity contribution is 0.133. The molecule has 0 bridgehead atoms. The molecule has 2 heterocycles. The summed E-state index contributed by atoms with van der Waals surface area (Å²) >= 11 is 0. The number of halogens is 1. The van der Waals surface area contributed by atoms with Gasteiger partial charge < -0.3 is 4.74 Å². The molecular formula is C38H32FNOSi. The second-order valence-electron chi connectivity index (χ2n) is 11.8. The molecule has 5 aromatic rings. The summed E-state index contributed by atoms with van der Waals surface area (Å²) in [5, 5.41) is 5.66. The van der Waals surface area contributed by atoms with E-state index in [2.05, 4.69) is 91.0 Å². The summed E-state index contributed by atoms with van der Waals surface area (Å²) in [5.74, 6) is 0.623. The molecule has 2 atom stereocenters.